The third-order valence-corrected chi connectivity index (χ3v) is 4.03. The highest BCUT2D eigenvalue weighted by Gasteiger charge is 2.25. The van der Waals surface area contributed by atoms with Gasteiger partial charge in [0.2, 0.25) is 0 Å². The Labute approximate surface area is 117 Å². The third kappa shape index (κ3) is 3.48. The first-order chi connectivity index (χ1) is 9.11. The largest absolute Gasteiger partial charge is 0.370 e. The zero-order valence-electron chi connectivity index (χ0n) is 12.7. The Kier molecular flexibility index (Phi) is 4.83. The molecule has 0 amide bonds. The van der Waals surface area contributed by atoms with Crippen molar-refractivity contribution in [2.75, 3.05) is 38.6 Å². The monoisotopic (exact) mass is 261 g/mol. The lowest BCUT2D eigenvalue weighted by Crippen LogP contribution is -2.32. The molecule has 106 valence electrons. The van der Waals surface area contributed by atoms with Crippen LogP contribution in [-0.4, -0.2) is 44.7 Å². The fourth-order valence-electron chi connectivity index (χ4n) is 2.81. The molecular formula is C16H27N3. The van der Waals surface area contributed by atoms with Crippen LogP contribution in [0.1, 0.15) is 24.5 Å². The van der Waals surface area contributed by atoms with Crippen LogP contribution in [0.2, 0.25) is 0 Å². The van der Waals surface area contributed by atoms with Gasteiger partial charge in [-0.25, -0.2) is 0 Å². The van der Waals surface area contributed by atoms with Crippen molar-refractivity contribution in [1.82, 2.24) is 10.2 Å². The van der Waals surface area contributed by atoms with Crippen LogP contribution in [0.25, 0.3) is 0 Å². The summed E-state index contributed by atoms with van der Waals surface area (Å²) in [4.78, 5) is 4.88. The van der Waals surface area contributed by atoms with Crippen molar-refractivity contribution in [2.24, 2.45) is 0 Å². The first-order valence-electron chi connectivity index (χ1n) is 7.33. The van der Waals surface area contributed by atoms with Crippen LogP contribution in [0.3, 0.4) is 0 Å². The molecule has 1 aromatic rings. The number of anilines is 1. The second-order valence-corrected chi connectivity index (χ2v) is 5.76. The van der Waals surface area contributed by atoms with Crippen molar-refractivity contribution in [1.29, 1.82) is 0 Å². The lowest BCUT2D eigenvalue weighted by Gasteiger charge is -2.24. The van der Waals surface area contributed by atoms with Crippen molar-refractivity contribution in [2.45, 2.75) is 32.9 Å². The Morgan fingerprint density at radius 3 is 2.79 bits per heavy atom. The maximum atomic E-state index is 3.45. The molecule has 0 spiro atoms. The van der Waals surface area contributed by atoms with E-state index in [2.05, 4.69) is 61.3 Å². The predicted octanol–water partition coefficient (Wildman–Crippen LogP) is 2.24. The standard InChI is InChI=1S/C16H27N3/c1-5-17-11-14-10-13(2)6-7-16(14)19-9-8-15(12-19)18(3)4/h6-7,10,15,17H,5,8-9,11-12H2,1-4H3. The number of benzene rings is 1. The second-order valence-electron chi connectivity index (χ2n) is 5.76. The Balaban J connectivity index is 2.15. The molecule has 1 aliphatic rings. The summed E-state index contributed by atoms with van der Waals surface area (Å²) in [7, 11) is 4.37. The van der Waals surface area contributed by atoms with E-state index in [1.54, 1.807) is 0 Å². The second kappa shape index (κ2) is 6.40. The predicted molar refractivity (Wildman–Crippen MR) is 82.9 cm³/mol. The van der Waals surface area contributed by atoms with E-state index in [1.165, 1.54) is 29.8 Å². The molecule has 0 aliphatic carbocycles. The van der Waals surface area contributed by atoms with Crippen LogP contribution in [0.15, 0.2) is 18.2 Å². The number of likely N-dealkylation sites (N-methyl/N-ethyl adjacent to an activating group) is 1. The fourth-order valence-corrected chi connectivity index (χ4v) is 2.81. The Morgan fingerprint density at radius 1 is 1.37 bits per heavy atom. The van der Waals surface area contributed by atoms with Crippen LogP contribution >= 0.6 is 0 Å². The molecule has 0 aromatic heterocycles. The minimum atomic E-state index is 0.688. The van der Waals surface area contributed by atoms with Gasteiger partial charge in [0.1, 0.15) is 0 Å². The maximum absolute atomic E-state index is 3.45. The first-order valence-corrected chi connectivity index (χ1v) is 7.33. The van der Waals surface area contributed by atoms with E-state index in [9.17, 15) is 0 Å². The van der Waals surface area contributed by atoms with Crippen LogP contribution in [-0.2, 0) is 6.54 Å². The number of rotatable bonds is 5. The topological polar surface area (TPSA) is 18.5 Å². The SMILES string of the molecule is CCNCc1cc(C)ccc1N1CCC(N(C)C)C1. The molecule has 1 fully saturated rings. The van der Waals surface area contributed by atoms with E-state index < -0.39 is 0 Å². The minimum Gasteiger partial charge on any atom is -0.370 e. The lowest BCUT2D eigenvalue weighted by molar-refractivity contribution is 0.315. The highest BCUT2D eigenvalue weighted by Crippen LogP contribution is 2.26. The molecule has 2 rings (SSSR count). The Bertz CT molecular complexity index is 414. The number of nitrogens with one attached hydrogen (secondary N) is 1. The van der Waals surface area contributed by atoms with Gasteiger partial charge in [-0.3, -0.25) is 0 Å². The zero-order valence-corrected chi connectivity index (χ0v) is 12.7. The van der Waals surface area contributed by atoms with Crippen molar-refractivity contribution >= 4 is 5.69 Å². The Morgan fingerprint density at radius 2 is 2.16 bits per heavy atom. The molecule has 19 heavy (non-hydrogen) atoms. The molecule has 0 bridgehead atoms. The summed E-state index contributed by atoms with van der Waals surface area (Å²) < 4.78 is 0. The third-order valence-electron chi connectivity index (χ3n) is 4.03. The fraction of sp³-hybridized carbons (Fsp3) is 0.625. The Hall–Kier alpha value is -1.06. The van der Waals surface area contributed by atoms with E-state index in [0.29, 0.717) is 6.04 Å². The lowest BCUT2D eigenvalue weighted by atomic mass is 10.1. The quantitative estimate of drug-likeness (QED) is 0.877. The molecule has 0 radical (unpaired) electrons. The van der Waals surface area contributed by atoms with Gasteiger partial charge in [-0.15, -0.1) is 0 Å². The highest BCUT2D eigenvalue weighted by molar-refractivity contribution is 5.56. The molecule has 1 N–H and O–H groups in total. The van der Waals surface area contributed by atoms with Gasteiger partial charge in [0.05, 0.1) is 0 Å². The number of aryl methyl sites for hydroxylation is 1. The van der Waals surface area contributed by atoms with E-state index >= 15 is 0 Å². The van der Waals surface area contributed by atoms with E-state index in [0.717, 1.165) is 19.6 Å². The van der Waals surface area contributed by atoms with Gasteiger partial charge in [-0.2, -0.15) is 0 Å². The van der Waals surface area contributed by atoms with Crippen LogP contribution < -0.4 is 10.2 Å². The summed E-state index contributed by atoms with van der Waals surface area (Å²) in [6.45, 7) is 8.64. The van der Waals surface area contributed by atoms with Gasteiger partial charge in [0.25, 0.3) is 0 Å². The van der Waals surface area contributed by atoms with Gasteiger partial charge in [-0.05, 0) is 45.6 Å². The molecule has 0 saturated carbocycles. The average Bonchev–Trinajstić information content (AvgIpc) is 2.86. The molecule has 3 heteroatoms. The summed E-state index contributed by atoms with van der Waals surface area (Å²) in [6, 6.07) is 7.53. The smallest absolute Gasteiger partial charge is 0.0412 e. The van der Waals surface area contributed by atoms with Crippen molar-refractivity contribution < 1.29 is 0 Å². The average molecular weight is 261 g/mol. The van der Waals surface area contributed by atoms with Gasteiger partial charge >= 0.3 is 0 Å². The normalized spacial score (nSPS) is 19.4. The summed E-state index contributed by atoms with van der Waals surface area (Å²) in [5, 5.41) is 3.45. The van der Waals surface area contributed by atoms with Gasteiger partial charge in [0, 0.05) is 31.4 Å². The summed E-state index contributed by atoms with van der Waals surface area (Å²) in [5.74, 6) is 0. The molecule has 3 nitrogen and oxygen atoms in total. The number of nitrogens with zero attached hydrogens (tertiary/aromatic N) is 2. The van der Waals surface area contributed by atoms with Crippen molar-refractivity contribution in [3.63, 3.8) is 0 Å². The minimum absolute atomic E-state index is 0.688. The molecular weight excluding hydrogens is 234 g/mol. The van der Waals surface area contributed by atoms with Gasteiger partial charge in [-0.1, -0.05) is 24.6 Å². The molecule has 1 aliphatic heterocycles. The van der Waals surface area contributed by atoms with Gasteiger partial charge in [0.15, 0.2) is 0 Å². The maximum Gasteiger partial charge on any atom is 0.0412 e. The summed E-state index contributed by atoms with van der Waals surface area (Å²) in [5.41, 5.74) is 4.19. The molecule has 1 aromatic carbocycles. The molecule has 1 heterocycles. The van der Waals surface area contributed by atoms with E-state index in [4.69, 9.17) is 0 Å². The van der Waals surface area contributed by atoms with Crippen molar-refractivity contribution in [3.05, 3.63) is 29.3 Å². The molecule has 1 saturated heterocycles. The highest BCUT2D eigenvalue weighted by atomic mass is 15.2. The zero-order chi connectivity index (χ0) is 13.8. The first kappa shape index (κ1) is 14.4. The van der Waals surface area contributed by atoms with E-state index in [1.807, 2.05) is 0 Å². The van der Waals surface area contributed by atoms with Crippen LogP contribution in [0.5, 0.6) is 0 Å². The van der Waals surface area contributed by atoms with Crippen molar-refractivity contribution in [3.8, 4) is 0 Å². The van der Waals surface area contributed by atoms with Crippen LogP contribution in [0, 0.1) is 6.92 Å². The summed E-state index contributed by atoms with van der Waals surface area (Å²) in [6.07, 6.45) is 1.27. The number of hydrogen-bond donors (Lipinski definition) is 1. The van der Waals surface area contributed by atoms with E-state index in [-0.39, 0.29) is 0 Å². The summed E-state index contributed by atoms with van der Waals surface area (Å²) >= 11 is 0. The van der Waals surface area contributed by atoms with Gasteiger partial charge < -0.3 is 15.1 Å². The molecule has 1 atom stereocenters. The molecule has 1 unspecified atom stereocenters. The van der Waals surface area contributed by atoms with Crippen LogP contribution in [0.4, 0.5) is 5.69 Å². The number of hydrogen-bond acceptors (Lipinski definition) is 3.